The minimum atomic E-state index is -0.373. The molecule has 0 aliphatic carbocycles. The van der Waals surface area contributed by atoms with Crippen LogP contribution >= 0.6 is 0 Å². The van der Waals surface area contributed by atoms with Crippen LogP contribution in [0.5, 0.6) is 0 Å². The molecule has 0 fully saturated rings. The van der Waals surface area contributed by atoms with E-state index >= 15 is 0 Å². The number of nitrogens with one attached hydrogen (secondary N) is 4. The molecule has 0 bridgehead atoms. The van der Waals surface area contributed by atoms with Crippen molar-refractivity contribution >= 4 is 28.5 Å². The van der Waals surface area contributed by atoms with Crippen LogP contribution in [-0.2, 0) is 11.2 Å². The lowest BCUT2D eigenvalue weighted by Crippen LogP contribution is -2.07. The molecule has 0 saturated carbocycles. The van der Waals surface area contributed by atoms with Crippen LogP contribution in [-0.4, -0.2) is 22.4 Å². The Morgan fingerprint density at radius 3 is 2.89 bits per heavy atom. The Hall–Kier alpha value is -3.61. The van der Waals surface area contributed by atoms with Crippen molar-refractivity contribution in [3.05, 3.63) is 77.8 Å². The molecule has 0 saturated heterocycles. The first kappa shape index (κ1) is 17.8. The third-order valence-electron chi connectivity index (χ3n) is 4.63. The number of benzene rings is 2. The monoisotopic (exact) mass is 377 g/mol. The lowest BCUT2D eigenvalue weighted by Gasteiger charge is -2.11. The number of anilines is 3. The van der Waals surface area contributed by atoms with Gasteiger partial charge in [-0.3, -0.25) is 4.79 Å². The van der Waals surface area contributed by atoms with Gasteiger partial charge in [-0.1, -0.05) is 0 Å². The minimum Gasteiger partial charge on any atom is -0.384 e. The van der Waals surface area contributed by atoms with Gasteiger partial charge in [-0.2, -0.15) is 0 Å². The van der Waals surface area contributed by atoms with Crippen LogP contribution in [0.2, 0.25) is 0 Å². The van der Waals surface area contributed by atoms with Crippen molar-refractivity contribution in [1.82, 2.24) is 9.97 Å². The van der Waals surface area contributed by atoms with Crippen LogP contribution in [0.3, 0.4) is 0 Å². The van der Waals surface area contributed by atoms with Gasteiger partial charge in [-0.15, -0.1) is 0 Å². The first-order valence-corrected chi connectivity index (χ1v) is 9.00. The summed E-state index contributed by atoms with van der Waals surface area (Å²) in [6, 6.07) is 10.2. The normalized spacial score (nSPS) is 14.1. The molecule has 1 aromatic heterocycles. The Morgan fingerprint density at radius 2 is 2.11 bits per heavy atom. The van der Waals surface area contributed by atoms with Gasteiger partial charge in [0.1, 0.15) is 5.82 Å². The second kappa shape index (κ2) is 7.56. The number of aromatic nitrogens is 2. The number of carbonyl (C=O) groups excluding carboxylic acids is 1. The van der Waals surface area contributed by atoms with Gasteiger partial charge in [-0.25, -0.2) is 9.37 Å². The molecule has 7 heteroatoms. The van der Waals surface area contributed by atoms with E-state index in [1.54, 1.807) is 18.6 Å². The number of hydrogen-bond donors (Lipinski definition) is 4. The maximum atomic E-state index is 13.5. The average molecular weight is 377 g/mol. The number of H-pyrrole nitrogens is 1. The van der Waals surface area contributed by atoms with Gasteiger partial charge >= 0.3 is 0 Å². The fourth-order valence-electron chi connectivity index (χ4n) is 3.16. The molecule has 2 heterocycles. The van der Waals surface area contributed by atoms with Gasteiger partial charge in [0.05, 0.1) is 17.6 Å². The molecule has 142 valence electrons. The fourth-order valence-corrected chi connectivity index (χ4v) is 3.16. The predicted octanol–water partition coefficient (Wildman–Crippen LogP) is 3.92. The molecular formula is C21H20FN5O. The molecule has 2 aromatic carbocycles. The van der Waals surface area contributed by atoms with Crippen LogP contribution in [0, 0.1) is 12.7 Å². The van der Waals surface area contributed by atoms with E-state index in [9.17, 15) is 9.18 Å². The van der Waals surface area contributed by atoms with E-state index in [0.29, 0.717) is 16.8 Å². The molecule has 0 spiro atoms. The first-order chi connectivity index (χ1) is 13.6. The number of fused-ring (bicyclic) bond motifs is 1. The Labute approximate surface area is 161 Å². The zero-order valence-electron chi connectivity index (χ0n) is 15.3. The van der Waals surface area contributed by atoms with Crippen LogP contribution in [0.1, 0.15) is 16.8 Å². The SMILES string of the molecule is Cc1cc(NC=C2C(=O)Nc3ccc(F)cc32)ccc1NCCc1c[nH]cn1. The fraction of sp³-hybridized carbons (Fsp3) is 0.143. The Bertz CT molecular complexity index is 1040. The number of halogens is 1. The molecule has 1 amide bonds. The number of imidazole rings is 1. The molecule has 28 heavy (non-hydrogen) atoms. The van der Waals surface area contributed by atoms with E-state index in [1.807, 2.05) is 31.3 Å². The molecule has 4 rings (SSSR count). The molecule has 1 aliphatic rings. The Balaban J connectivity index is 1.43. The summed E-state index contributed by atoms with van der Waals surface area (Å²) in [7, 11) is 0. The number of hydrogen-bond acceptors (Lipinski definition) is 4. The number of aromatic amines is 1. The standard InChI is InChI=1S/C21H20FN5O/c1-13-8-15(3-5-19(13)24-7-6-16-10-23-12-26-16)25-11-18-17-9-14(22)2-4-20(17)27-21(18)28/h2-5,8-12,24-25H,6-7H2,1H3,(H,23,26)(H,27,28). The van der Waals surface area contributed by atoms with Gasteiger partial charge in [-0.05, 0) is 48.9 Å². The summed E-state index contributed by atoms with van der Waals surface area (Å²) in [6.07, 6.45) is 6.01. The summed E-state index contributed by atoms with van der Waals surface area (Å²) in [5.74, 6) is -0.622. The number of amides is 1. The van der Waals surface area contributed by atoms with E-state index in [-0.39, 0.29) is 11.7 Å². The highest BCUT2D eigenvalue weighted by Gasteiger charge is 2.24. The largest absolute Gasteiger partial charge is 0.384 e. The number of aryl methyl sites for hydroxylation is 1. The van der Waals surface area contributed by atoms with Crippen LogP contribution in [0.15, 0.2) is 55.1 Å². The summed E-state index contributed by atoms with van der Waals surface area (Å²) in [4.78, 5) is 19.3. The second-order valence-electron chi connectivity index (χ2n) is 6.61. The topological polar surface area (TPSA) is 81.8 Å². The summed E-state index contributed by atoms with van der Waals surface area (Å²) in [5, 5.41) is 9.27. The van der Waals surface area contributed by atoms with E-state index in [1.165, 1.54) is 12.1 Å². The van der Waals surface area contributed by atoms with Crippen molar-refractivity contribution in [1.29, 1.82) is 0 Å². The molecule has 0 radical (unpaired) electrons. The summed E-state index contributed by atoms with van der Waals surface area (Å²) < 4.78 is 13.5. The maximum absolute atomic E-state index is 13.5. The van der Waals surface area contributed by atoms with Gasteiger partial charge < -0.3 is 20.9 Å². The van der Waals surface area contributed by atoms with Gasteiger partial charge in [0.2, 0.25) is 0 Å². The zero-order valence-corrected chi connectivity index (χ0v) is 15.3. The van der Waals surface area contributed by atoms with E-state index in [0.717, 1.165) is 35.6 Å². The Morgan fingerprint density at radius 1 is 1.21 bits per heavy atom. The average Bonchev–Trinajstić information content (AvgIpc) is 3.29. The lowest BCUT2D eigenvalue weighted by atomic mass is 10.1. The van der Waals surface area contributed by atoms with E-state index < -0.39 is 0 Å². The van der Waals surface area contributed by atoms with Crippen molar-refractivity contribution in [3.63, 3.8) is 0 Å². The third-order valence-corrected chi connectivity index (χ3v) is 4.63. The van der Waals surface area contributed by atoms with Crippen LogP contribution in [0.25, 0.3) is 5.57 Å². The molecule has 3 aromatic rings. The highest BCUT2D eigenvalue weighted by atomic mass is 19.1. The third kappa shape index (κ3) is 3.73. The molecule has 4 N–H and O–H groups in total. The number of nitrogens with zero attached hydrogens (tertiary/aromatic N) is 1. The predicted molar refractivity (Wildman–Crippen MR) is 109 cm³/mol. The van der Waals surface area contributed by atoms with Crippen molar-refractivity contribution in [2.45, 2.75) is 13.3 Å². The molecule has 0 unspecified atom stereocenters. The first-order valence-electron chi connectivity index (χ1n) is 9.00. The van der Waals surface area contributed by atoms with Crippen molar-refractivity contribution in [2.24, 2.45) is 0 Å². The van der Waals surface area contributed by atoms with Gasteiger partial charge in [0.25, 0.3) is 5.91 Å². The highest BCUT2D eigenvalue weighted by molar-refractivity contribution is 6.31. The summed E-state index contributed by atoms with van der Waals surface area (Å²) >= 11 is 0. The summed E-state index contributed by atoms with van der Waals surface area (Å²) in [5.41, 5.74) is 5.57. The molecular weight excluding hydrogens is 357 g/mol. The highest BCUT2D eigenvalue weighted by Crippen LogP contribution is 2.32. The van der Waals surface area contributed by atoms with Crippen LogP contribution in [0.4, 0.5) is 21.5 Å². The van der Waals surface area contributed by atoms with Crippen molar-refractivity contribution in [3.8, 4) is 0 Å². The molecule has 0 atom stereocenters. The molecule has 1 aliphatic heterocycles. The lowest BCUT2D eigenvalue weighted by molar-refractivity contribution is -0.110. The second-order valence-corrected chi connectivity index (χ2v) is 6.61. The smallest absolute Gasteiger partial charge is 0.257 e. The van der Waals surface area contributed by atoms with Gasteiger partial charge in [0, 0.05) is 48.0 Å². The minimum absolute atomic E-state index is 0.249. The summed E-state index contributed by atoms with van der Waals surface area (Å²) in [6.45, 7) is 2.80. The zero-order chi connectivity index (χ0) is 19.5. The number of rotatable bonds is 6. The molecule has 6 nitrogen and oxygen atoms in total. The van der Waals surface area contributed by atoms with E-state index in [4.69, 9.17) is 0 Å². The number of carbonyl (C=O) groups is 1. The quantitative estimate of drug-likeness (QED) is 0.491. The maximum Gasteiger partial charge on any atom is 0.257 e. The van der Waals surface area contributed by atoms with Gasteiger partial charge in [0.15, 0.2) is 0 Å². The van der Waals surface area contributed by atoms with E-state index in [2.05, 4.69) is 25.9 Å². The van der Waals surface area contributed by atoms with Crippen molar-refractivity contribution < 1.29 is 9.18 Å². The Kier molecular flexibility index (Phi) is 4.80. The van der Waals surface area contributed by atoms with Crippen molar-refractivity contribution in [2.75, 3.05) is 22.5 Å². The van der Waals surface area contributed by atoms with Crippen LogP contribution < -0.4 is 16.0 Å².